The molecule has 8 aromatic rings. The van der Waals surface area contributed by atoms with Crippen molar-refractivity contribution in [3.8, 4) is 17.2 Å². The highest BCUT2D eigenvalue weighted by molar-refractivity contribution is 7.26. The first-order chi connectivity index (χ1) is 22.5. The Balaban J connectivity index is 1.56. The third kappa shape index (κ3) is 3.90. The van der Waals surface area contributed by atoms with Crippen molar-refractivity contribution < 1.29 is 0 Å². The lowest BCUT2D eigenvalue weighted by Crippen LogP contribution is -2.19. The number of fused-ring (bicyclic) bond motifs is 11. The van der Waals surface area contributed by atoms with Crippen LogP contribution in [0.1, 0.15) is 31.4 Å². The highest BCUT2D eigenvalue weighted by atomic mass is 32.1. The predicted molar refractivity (Wildman–Crippen MR) is 197 cm³/mol. The van der Waals surface area contributed by atoms with Crippen LogP contribution in [-0.2, 0) is 5.41 Å². The highest BCUT2D eigenvalue weighted by Gasteiger charge is 2.33. The third-order valence-corrected chi connectivity index (χ3v) is 10.6. The first-order valence-electron chi connectivity index (χ1n) is 15.8. The SMILES string of the molecule is C=C1/C=C\C=C/CC(C)(C)c2c1c1c(c3ccccc3n1-c1nc(-c3ccccc3)c3ccccc3n1)c1c2sc2ccccc21. The summed E-state index contributed by atoms with van der Waals surface area (Å²) in [5.74, 6) is 0.664. The van der Waals surface area contributed by atoms with E-state index in [0.717, 1.165) is 45.2 Å². The molecule has 3 aromatic heterocycles. The van der Waals surface area contributed by atoms with Gasteiger partial charge >= 0.3 is 0 Å². The van der Waals surface area contributed by atoms with E-state index < -0.39 is 0 Å². The molecule has 5 aromatic carbocycles. The fourth-order valence-corrected chi connectivity index (χ4v) is 8.82. The Hall–Kier alpha value is -5.32. The number of para-hydroxylation sites is 2. The summed E-state index contributed by atoms with van der Waals surface area (Å²) in [5, 5.41) is 6.06. The lowest BCUT2D eigenvalue weighted by Gasteiger charge is -2.29. The van der Waals surface area contributed by atoms with Crippen LogP contribution >= 0.6 is 11.3 Å². The van der Waals surface area contributed by atoms with E-state index in [2.05, 4.69) is 140 Å². The molecule has 0 saturated carbocycles. The summed E-state index contributed by atoms with van der Waals surface area (Å²) < 4.78 is 4.95. The summed E-state index contributed by atoms with van der Waals surface area (Å²) in [6.07, 6.45) is 9.65. The minimum Gasteiger partial charge on any atom is -0.277 e. The Morgan fingerprint density at radius 3 is 2.30 bits per heavy atom. The summed E-state index contributed by atoms with van der Waals surface area (Å²) in [7, 11) is 0. The Morgan fingerprint density at radius 1 is 0.739 bits per heavy atom. The Labute approximate surface area is 271 Å². The average Bonchev–Trinajstić information content (AvgIpc) is 3.64. The van der Waals surface area contributed by atoms with Crippen LogP contribution in [0.3, 0.4) is 0 Å². The number of hydrogen-bond donors (Lipinski definition) is 0. The summed E-state index contributed by atoms with van der Waals surface area (Å²) in [4.78, 5) is 10.7. The van der Waals surface area contributed by atoms with Gasteiger partial charge in [0.15, 0.2) is 0 Å². The number of benzene rings is 5. The number of aromatic nitrogens is 3. The molecule has 0 aliphatic heterocycles. The highest BCUT2D eigenvalue weighted by Crippen LogP contribution is 2.52. The van der Waals surface area contributed by atoms with E-state index in [1.165, 1.54) is 42.1 Å². The second-order valence-electron chi connectivity index (χ2n) is 12.8. The normalized spacial score (nSPS) is 16.1. The van der Waals surface area contributed by atoms with Gasteiger partial charge in [-0.15, -0.1) is 11.3 Å². The summed E-state index contributed by atoms with van der Waals surface area (Å²) in [6, 6.07) is 36.4. The zero-order chi connectivity index (χ0) is 31.0. The largest absolute Gasteiger partial charge is 0.277 e. The Kier molecular flexibility index (Phi) is 5.93. The molecule has 1 aliphatic rings. The van der Waals surface area contributed by atoms with Crippen LogP contribution < -0.4 is 0 Å². The van der Waals surface area contributed by atoms with E-state index in [1.54, 1.807) is 0 Å². The minimum absolute atomic E-state index is 0.158. The molecular formula is C42H31N3S. The van der Waals surface area contributed by atoms with Gasteiger partial charge in [-0.05, 0) is 41.2 Å². The molecule has 46 heavy (non-hydrogen) atoms. The quantitative estimate of drug-likeness (QED) is 0.195. The van der Waals surface area contributed by atoms with Crippen LogP contribution in [0.25, 0.3) is 75.7 Å². The van der Waals surface area contributed by atoms with E-state index in [0.29, 0.717) is 5.95 Å². The monoisotopic (exact) mass is 609 g/mol. The molecule has 1 aliphatic carbocycles. The second kappa shape index (κ2) is 10.1. The van der Waals surface area contributed by atoms with Gasteiger partial charge < -0.3 is 0 Å². The van der Waals surface area contributed by atoms with E-state index in [-0.39, 0.29) is 5.41 Å². The number of allylic oxidation sites excluding steroid dienone is 5. The van der Waals surface area contributed by atoms with Crippen molar-refractivity contribution in [3.63, 3.8) is 0 Å². The summed E-state index contributed by atoms with van der Waals surface area (Å²) in [5.41, 5.74) is 8.47. The van der Waals surface area contributed by atoms with E-state index in [1.807, 2.05) is 17.4 Å². The fraction of sp³-hybridized carbons (Fsp3) is 0.0952. The number of rotatable bonds is 2. The summed E-state index contributed by atoms with van der Waals surface area (Å²) in [6.45, 7) is 9.47. The number of nitrogens with zero attached hydrogens (tertiary/aromatic N) is 3. The molecule has 220 valence electrons. The molecule has 3 heterocycles. The van der Waals surface area contributed by atoms with Crippen molar-refractivity contribution in [2.75, 3.05) is 0 Å². The van der Waals surface area contributed by atoms with E-state index in [4.69, 9.17) is 16.5 Å². The molecule has 0 fully saturated rings. The molecule has 3 nitrogen and oxygen atoms in total. The third-order valence-electron chi connectivity index (χ3n) is 9.44. The standard InChI is InChI=1S/C42H31N3S/c1-26-16-6-5-15-25-42(2,3)37-34(26)39-35(36-30-21-11-14-24-33(30)46-40(36)37)29-20-10-13-23-32(29)45(39)41-43-31-22-12-9-19-28(31)38(44-41)27-17-7-4-8-18-27/h4-24H,1,25H2,2-3H3/b15-5-,16-6-. The van der Waals surface area contributed by atoms with Crippen molar-refractivity contribution >= 4 is 69.8 Å². The van der Waals surface area contributed by atoms with Gasteiger partial charge in [0.25, 0.3) is 0 Å². The summed E-state index contributed by atoms with van der Waals surface area (Å²) >= 11 is 1.90. The molecule has 0 spiro atoms. The lowest BCUT2D eigenvalue weighted by molar-refractivity contribution is 0.539. The maximum absolute atomic E-state index is 5.41. The van der Waals surface area contributed by atoms with Gasteiger partial charge in [0, 0.05) is 47.5 Å². The van der Waals surface area contributed by atoms with Gasteiger partial charge in [-0.1, -0.05) is 130 Å². The molecule has 0 atom stereocenters. The van der Waals surface area contributed by atoms with Crippen LogP contribution in [0.5, 0.6) is 0 Å². The van der Waals surface area contributed by atoms with Crippen LogP contribution in [-0.4, -0.2) is 14.5 Å². The molecule has 0 bridgehead atoms. The molecule has 0 N–H and O–H groups in total. The van der Waals surface area contributed by atoms with Crippen molar-refractivity contribution in [1.29, 1.82) is 0 Å². The minimum atomic E-state index is -0.158. The van der Waals surface area contributed by atoms with Crippen molar-refractivity contribution in [2.24, 2.45) is 0 Å². The lowest BCUT2D eigenvalue weighted by atomic mass is 9.76. The van der Waals surface area contributed by atoms with Gasteiger partial charge in [-0.25, -0.2) is 9.97 Å². The first-order valence-corrected chi connectivity index (χ1v) is 16.6. The smallest absolute Gasteiger partial charge is 0.235 e. The van der Waals surface area contributed by atoms with Gasteiger partial charge in [-0.3, -0.25) is 4.57 Å². The molecule has 0 amide bonds. The maximum Gasteiger partial charge on any atom is 0.235 e. The Morgan fingerprint density at radius 2 is 1.46 bits per heavy atom. The average molecular weight is 610 g/mol. The van der Waals surface area contributed by atoms with Gasteiger partial charge in [0.05, 0.1) is 22.2 Å². The van der Waals surface area contributed by atoms with Crippen molar-refractivity contribution in [3.05, 3.63) is 145 Å². The number of thiophene rings is 1. The van der Waals surface area contributed by atoms with Crippen molar-refractivity contribution in [1.82, 2.24) is 14.5 Å². The fourth-order valence-electron chi connectivity index (χ4n) is 7.38. The van der Waals surface area contributed by atoms with Gasteiger partial charge in [0.1, 0.15) is 0 Å². The van der Waals surface area contributed by atoms with E-state index >= 15 is 0 Å². The molecule has 9 rings (SSSR count). The molecular weight excluding hydrogens is 579 g/mol. The van der Waals surface area contributed by atoms with Crippen molar-refractivity contribution in [2.45, 2.75) is 25.7 Å². The van der Waals surface area contributed by atoms with Gasteiger partial charge in [0.2, 0.25) is 5.95 Å². The molecule has 4 heteroatoms. The molecule has 0 radical (unpaired) electrons. The van der Waals surface area contributed by atoms with Crippen LogP contribution in [0.15, 0.2) is 134 Å². The predicted octanol–water partition coefficient (Wildman–Crippen LogP) is 11.6. The maximum atomic E-state index is 5.41. The zero-order valence-corrected chi connectivity index (χ0v) is 26.6. The van der Waals surface area contributed by atoms with Crippen LogP contribution in [0.4, 0.5) is 0 Å². The first kappa shape index (κ1) is 27.0. The van der Waals surface area contributed by atoms with Crippen LogP contribution in [0.2, 0.25) is 0 Å². The molecule has 0 saturated heterocycles. The Bertz CT molecular complexity index is 2600. The molecule has 0 unspecified atom stereocenters. The van der Waals surface area contributed by atoms with Gasteiger partial charge in [-0.2, -0.15) is 0 Å². The number of hydrogen-bond acceptors (Lipinski definition) is 3. The zero-order valence-electron chi connectivity index (χ0n) is 25.8. The second-order valence-corrected chi connectivity index (χ2v) is 13.8. The topological polar surface area (TPSA) is 30.7 Å². The van der Waals surface area contributed by atoms with Crippen LogP contribution in [0, 0.1) is 0 Å². The van der Waals surface area contributed by atoms with E-state index in [9.17, 15) is 0 Å².